The van der Waals surface area contributed by atoms with Crippen LogP contribution in [0.15, 0.2) is 77.8 Å². The summed E-state index contributed by atoms with van der Waals surface area (Å²) in [6.07, 6.45) is 1.72. The summed E-state index contributed by atoms with van der Waals surface area (Å²) in [6, 6.07) is 22.2. The van der Waals surface area contributed by atoms with Gasteiger partial charge in [0.15, 0.2) is 6.61 Å². The molecule has 4 nitrogen and oxygen atoms in total. The summed E-state index contributed by atoms with van der Waals surface area (Å²) in [5, 5.41) is 3.88. The van der Waals surface area contributed by atoms with E-state index < -0.39 is 0 Å². The molecule has 0 spiro atoms. The molecule has 0 saturated heterocycles. The minimum atomic E-state index is -0.174. The highest BCUT2D eigenvalue weighted by molar-refractivity contribution is 6.42. The first-order valence-electron chi connectivity index (χ1n) is 9.07. The lowest BCUT2D eigenvalue weighted by atomic mass is 10.1. The highest BCUT2D eigenvalue weighted by atomic mass is 35.5. The number of benzene rings is 3. The van der Waals surface area contributed by atoms with Gasteiger partial charge in [0.2, 0.25) is 0 Å². The third-order valence-electron chi connectivity index (χ3n) is 4.19. The number of carbonyl (C=O) groups is 1. The van der Waals surface area contributed by atoms with Crippen molar-refractivity contribution >= 4 is 41.0 Å². The number of rotatable bonds is 7. The van der Waals surface area contributed by atoms with Gasteiger partial charge in [-0.15, -0.1) is 0 Å². The van der Waals surface area contributed by atoms with Crippen LogP contribution in [-0.4, -0.2) is 18.7 Å². The monoisotopic (exact) mass is 426 g/mol. The molecule has 0 aliphatic rings. The van der Waals surface area contributed by atoms with Crippen LogP contribution in [0.2, 0.25) is 10.0 Å². The van der Waals surface area contributed by atoms with E-state index in [0.29, 0.717) is 21.5 Å². The number of nitrogens with one attached hydrogen (secondary N) is 1. The summed E-state index contributed by atoms with van der Waals surface area (Å²) in [4.78, 5) is 16.5. The highest BCUT2D eigenvalue weighted by Crippen LogP contribution is 2.26. The van der Waals surface area contributed by atoms with Gasteiger partial charge in [-0.25, -0.2) is 0 Å². The number of nitrogens with zero attached hydrogens (tertiary/aromatic N) is 1. The summed E-state index contributed by atoms with van der Waals surface area (Å²) in [5.74, 6) is 0.436. The van der Waals surface area contributed by atoms with Gasteiger partial charge in [0.1, 0.15) is 5.75 Å². The summed E-state index contributed by atoms with van der Waals surface area (Å²) in [6.45, 7) is 1.89. The molecule has 0 aromatic heterocycles. The number of ether oxygens (including phenoxy) is 1. The molecule has 3 aromatic carbocycles. The molecule has 0 heterocycles. The molecule has 0 unspecified atom stereocenters. The van der Waals surface area contributed by atoms with Gasteiger partial charge < -0.3 is 10.1 Å². The van der Waals surface area contributed by atoms with Gasteiger partial charge in [-0.2, -0.15) is 0 Å². The van der Waals surface area contributed by atoms with Gasteiger partial charge in [-0.05, 0) is 60.5 Å². The Morgan fingerprint density at radius 1 is 1.03 bits per heavy atom. The van der Waals surface area contributed by atoms with Crippen LogP contribution >= 0.6 is 23.2 Å². The average Bonchev–Trinajstić information content (AvgIpc) is 2.74. The van der Waals surface area contributed by atoms with Crippen LogP contribution < -0.4 is 10.1 Å². The van der Waals surface area contributed by atoms with Crippen LogP contribution in [-0.2, 0) is 4.79 Å². The molecule has 6 heteroatoms. The van der Waals surface area contributed by atoms with Crippen molar-refractivity contribution in [2.24, 2.45) is 4.99 Å². The molecule has 1 N–H and O–H groups in total. The Morgan fingerprint density at radius 3 is 2.45 bits per heavy atom. The van der Waals surface area contributed by atoms with E-state index in [1.165, 1.54) is 0 Å². The van der Waals surface area contributed by atoms with E-state index in [4.69, 9.17) is 27.9 Å². The van der Waals surface area contributed by atoms with Gasteiger partial charge in [0, 0.05) is 6.21 Å². The second kappa shape index (κ2) is 10.1. The van der Waals surface area contributed by atoms with Gasteiger partial charge in [0.25, 0.3) is 5.91 Å². The largest absolute Gasteiger partial charge is 0.484 e. The number of amides is 1. The second-order valence-electron chi connectivity index (χ2n) is 6.41. The Morgan fingerprint density at radius 2 is 1.76 bits per heavy atom. The predicted octanol–water partition coefficient (Wildman–Crippen LogP) is 6.00. The van der Waals surface area contributed by atoms with Crippen LogP contribution in [0.3, 0.4) is 0 Å². The van der Waals surface area contributed by atoms with E-state index >= 15 is 0 Å². The summed E-state index contributed by atoms with van der Waals surface area (Å²) >= 11 is 11.9. The summed E-state index contributed by atoms with van der Waals surface area (Å²) < 4.78 is 5.56. The highest BCUT2D eigenvalue weighted by Gasteiger charge is 2.09. The standard InChI is InChI=1S/C23H20Cl2N2O2/c1-16(18-5-3-2-4-6-18)27-23(28)15-29-20-10-7-17(8-11-20)14-26-19-9-12-21(24)22(25)13-19/h2-14,16H,15H2,1H3,(H,27,28)/t16-/m1/s1. The number of hydrogen-bond donors (Lipinski definition) is 1. The van der Waals surface area contributed by atoms with Gasteiger partial charge >= 0.3 is 0 Å². The fourth-order valence-corrected chi connectivity index (χ4v) is 2.91. The van der Waals surface area contributed by atoms with E-state index in [0.717, 1.165) is 11.1 Å². The molecule has 3 aromatic rings. The van der Waals surface area contributed by atoms with Crippen LogP contribution in [0.5, 0.6) is 5.75 Å². The number of halogens is 2. The minimum Gasteiger partial charge on any atom is -0.484 e. The fraction of sp³-hybridized carbons (Fsp3) is 0.130. The van der Waals surface area contributed by atoms with Gasteiger partial charge in [-0.1, -0.05) is 53.5 Å². The molecular formula is C23H20Cl2N2O2. The van der Waals surface area contributed by atoms with Crippen molar-refractivity contribution in [2.45, 2.75) is 13.0 Å². The third-order valence-corrected chi connectivity index (χ3v) is 4.93. The number of aliphatic imine (C=N–C) groups is 1. The first-order chi connectivity index (χ1) is 14.0. The van der Waals surface area contributed by atoms with Crippen molar-refractivity contribution in [1.82, 2.24) is 5.32 Å². The lowest BCUT2D eigenvalue weighted by Gasteiger charge is -2.14. The van der Waals surface area contributed by atoms with Crippen molar-refractivity contribution < 1.29 is 9.53 Å². The van der Waals surface area contributed by atoms with E-state index in [9.17, 15) is 4.79 Å². The molecule has 0 radical (unpaired) electrons. The van der Waals surface area contributed by atoms with Crippen LogP contribution in [0.25, 0.3) is 0 Å². The molecular weight excluding hydrogens is 407 g/mol. The molecule has 1 amide bonds. The van der Waals surface area contributed by atoms with Crippen LogP contribution in [0.4, 0.5) is 5.69 Å². The Labute approximate surface area is 180 Å². The van der Waals surface area contributed by atoms with Crippen LogP contribution in [0.1, 0.15) is 24.1 Å². The Kier molecular flexibility index (Phi) is 7.28. The third kappa shape index (κ3) is 6.34. The maximum Gasteiger partial charge on any atom is 0.258 e. The molecule has 0 bridgehead atoms. The van der Waals surface area contributed by atoms with E-state index in [2.05, 4.69) is 10.3 Å². The maximum absolute atomic E-state index is 12.1. The first-order valence-corrected chi connectivity index (χ1v) is 9.83. The average molecular weight is 427 g/mol. The Bertz CT molecular complexity index is 990. The summed E-state index contributed by atoms with van der Waals surface area (Å²) in [7, 11) is 0. The lowest BCUT2D eigenvalue weighted by Crippen LogP contribution is -2.31. The Hall–Kier alpha value is -2.82. The zero-order valence-corrected chi connectivity index (χ0v) is 17.3. The van der Waals surface area contributed by atoms with Crippen LogP contribution in [0, 0.1) is 0 Å². The zero-order valence-electron chi connectivity index (χ0n) is 15.8. The number of hydrogen-bond acceptors (Lipinski definition) is 3. The predicted molar refractivity (Wildman–Crippen MR) is 119 cm³/mol. The first kappa shape index (κ1) is 20.9. The van der Waals surface area contributed by atoms with Crippen molar-refractivity contribution in [2.75, 3.05) is 6.61 Å². The molecule has 0 fully saturated rings. The lowest BCUT2D eigenvalue weighted by molar-refractivity contribution is -0.123. The van der Waals surface area contributed by atoms with Crippen molar-refractivity contribution in [1.29, 1.82) is 0 Å². The molecule has 0 aliphatic heterocycles. The topological polar surface area (TPSA) is 50.7 Å². The number of carbonyl (C=O) groups excluding carboxylic acids is 1. The van der Waals surface area contributed by atoms with Crippen molar-refractivity contribution in [3.8, 4) is 5.75 Å². The molecule has 0 aliphatic carbocycles. The smallest absolute Gasteiger partial charge is 0.258 e. The molecule has 29 heavy (non-hydrogen) atoms. The SMILES string of the molecule is C[C@@H](NC(=O)COc1ccc(C=Nc2ccc(Cl)c(Cl)c2)cc1)c1ccccc1. The van der Waals surface area contributed by atoms with E-state index in [1.54, 1.807) is 36.5 Å². The zero-order chi connectivity index (χ0) is 20.6. The molecule has 1 atom stereocenters. The maximum atomic E-state index is 12.1. The van der Waals surface area contributed by atoms with Crippen molar-refractivity contribution in [3.63, 3.8) is 0 Å². The molecule has 148 valence electrons. The van der Waals surface area contributed by atoms with E-state index in [1.807, 2.05) is 49.4 Å². The van der Waals surface area contributed by atoms with E-state index in [-0.39, 0.29) is 18.6 Å². The van der Waals surface area contributed by atoms with Gasteiger partial charge in [-0.3, -0.25) is 9.79 Å². The molecule has 3 rings (SSSR count). The Balaban J connectivity index is 1.50. The summed E-state index contributed by atoms with van der Waals surface area (Å²) in [5.41, 5.74) is 2.65. The van der Waals surface area contributed by atoms with Crippen molar-refractivity contribution in [3.05, 3.63) is 94.0 Å². The minimum absolute atomic E-state index is 0.0477. The molecule has 0 saturated carbocycles. The fourth-order valence-electron chi connectivity index (χ4n) is 2.62. The second-order valence-corrected chi connectivity index (χ2v) is 7.23. The normalized spacial score (nSPS) is 12.0. The van der Waals surface area contributed by atoms with Gasteiger partial charge in [0.05, 0.1) is 21.8 Å². The quantitative estimate of drug-likeness (QED) is 0.470.